The summed E-state index contributed by atoms with van der Waals surface area (Å²) in [5.41, 5.74) is 2.18. The van der Waals surface area contributed by atoms with Gasteiger partial charge in [0, 0.05) is 5.92 Å². The Bertz CT molecular complexity index is 662. The Kier molecular flexibility index (Phi) is 4.63. The number of ketones is 1. The second kappa shape index (κ2) is 6.38. The smallest absolute Gasteiger partial charge is 0.306 e. The first-order valence-corrected chi connectivity index (χ1v) is 9.14. The fourth-order valence-corrected chi connectivity index (χ4v) is 4.10. The lowest BCUT2D eigenvalue weighted by atomic mass is 9.90. The van der Waals surface area contributed by atoms with E-state index < -0.39 is 3.42 Å². The number of alkyl halides is 1. The van der Waals surface area contributed by atoms with Crippen LogP contribution >= 0.6 is 22.6 Å². The van der Waals surface area contributed by atoms with Crippen molar-refractivity contribution in [3.05, 3.63) is 47.5 Å². The number of hydrogen-bond donors (Lipinski definition) is 0. The standard InChI is InChI=1S/C19H21IO3/c1-12-4-3-5-14(10-12)19(2,20)17(21)9-7-13-6-8-16-15(13)11-18(22)23-16/h3-5,7,9-10,13,15-16H,6,8,11H2,1-2H3/b9-7+/t13-,15-,16+,19+/m1/s1. The lowest BCUT2D eigenvalue weighted by molar-refractivity contribution is -0.141. The van der Waals surface area contributed by atoms with E-state index in [1.54, 1.807) is 6.08 Å². The van der Waals surface area contributed by atoms with Gasteiger partial charge in [-0.3, -0.25) is 9.59 Å². The molecular formula is C19H21IO3. The first kappa shape index (κ1) is 16.7. The molecule has 23 heavy (non-hydrogen) atoms. The highest BCUT2D eigenvalue weighted by atomic mass is 127. The molecule has 4 atom stereocenters. The summed E-state index contributed by atoms with van der Waals surface area (Å²) < 4.78 is 4.74. The summed E-state index contributed by atoms with van der Waals surface area (Å²) in [6.45, 7) is 3.99. The molecule has 0 N–H and O–H groups in total. The van der Waals surface area contributed by atoms with Crippen LogP contribution in [0.15, 0.2) is 36.4 Å². The molecule has 1 heterocycles. The van der Waals surface area contributed by atoms with Gasteiger partial charge in [0.1, 0.15) is 9.53 Å². The van der Waals surface area contributed by atoms with Gasteiger partial charge in [-0.2, -0.15) is 0 Å². The molecule has 1 aromatic rings. The largest absolute Gasteiger partial charge is 0.462 e. The van der Waals surface area contributed by atoms with Crippen LogP contribution in [0.4, 0.5) is 0 Å². The SMILES string of the molecule is Cc1cccc([C@](C)(I)C(=O)/C=C/[C@H]2CC[C@@H]3OC(=O)C[C@@H]32)c1. The average molecular weight is 424 g/mol. The third kappa shape index (κ3) is 3.37. The molecule has 0 spiro atoms. The minimum Gasteiger partial charge on any atom is -0.462 e. The lowest BCUT2D eigenvalue weighted by Gasteiger charge is -2.21. The fourth-order valence-electron chi connectivity index (χ4n) is 3.58. The quantitative estimate of drug-likeness (QED) is 0.316. The molecule has 0 unspecified atom stereocenters. The Morgan fingerprint density at radius 3 is 2.91 bits per heavy atom. The maximum absolute atomic E-state index is 12.7. The molecule has 3 rings (SSSR count). The van der Waals surface area contributed by atoms with Gasteiger partial charge in [0.2, 0.25) is 0 Å². The van der Waals surface area contributed by atoms with Gasteiger partial charge in [-0.1, -0.05) is 58.5 Å². The van der Waals surface area contributed by atoms with Crippen LogP contribution in [0.5, 0.6) is 0 Å². The van der Waals surface area contributed by atoms with Gasteiger partial charge in [0.15, 0.2) is 5.78 Å². The molecule has 3 nitrogen and oxygen atoms in total. The number of hydrogen-bond acceptors (Lipinski definition) is 3. The van der Waals surface area contributed by atoms with Gasteiger partial charge in [-0.05, 0) is 44.2 Å². The number of rotatable bonds is 4. The van der Waals surface area contributed by atoms with Crippen LogP contribution in [-0.4, -0.2) is 17.9 Å². The molecule has 1 aliphatic heterocycles. The highest BCUT2D eigenvalue weighted by Gasteiger charge is 2.43. The second-order valence-corrected chi connectivity index (χ2v) is 8.89. The predicted molar refractivity (Wildman–Crippen MR) is 97.4 cm³/mol. The first-order valence-electron chi connectivity index (χ1n) is 8.06. The molecule has 1 aliphatic carbocycles. The number of allylic oxidation sites excluding steroid dienone is 2. The highest BCUT2D eigenvalue weighted by molar-refractivity contribution is 14.1. The van der Waals surface area contributed by atoms with Crippen molar-refractivity contribution in [3.63, 3.8) is 0 Å². The molecule has 2 aliphatic rings. The normalized spacial score (nSPS) is 29.3. The number of benzene rings is 1. The first-order chi connectivity index (χ1) is 10.9. The lowest BCUT2D eigenvalue weighted by Crippen LogP contribution is -2.24. The van der Waals surface area contributed by atoms with Crippen molar-refractivity contribution in [2.75, 3.05) is 0 Å². The van der Waals surface area contributed by atoms with Crippen LogP contribution in [-0.2, 0) is 17.7 Å². The molecule has 1 saturated carbocycles. The number of carbonyl (C=O) groups is 2. The van der Waals surface area contributed by atoms with Gasteiger partial charge < -0.3 is 4.74 Å². The molecule has 1 aromatic carbocycles. The number of halogens is 1. The summed E-state index contributed by atoms with van der Waals surface area (Å²) in [6.07, 6.45) is 6.18. The zero-order valence-electron chi connectivity index (χ0n) is 13.4. The molecule has 0 aromatic heterocycles. The van der Waals surface area contributed by atoms with Crippen LogP contribution in [0, 0.1) is 18.8 Å². The van der Waals surface area contributed by atoms with Gasteiger partial charge in [0.25, 0.3) is 0 Å². The average Bonchev–Trinajstić information content (AvgIpc) is 3.04. The van der Waals surface area contributed by atoms with Gasteiger partial charge in [-0.25, -0.2) is 0 Å². The van der Waals surface area contributed by atoms with E-state index in [1.807, 2.05) is 38.1 Å². The molecule has 0 radical (unpaired) electrons. The number of fused-ring (bicyclic) bond motifs is 1. The van der Waals surface area contributed by atoms with Crippen molar-refractivity contribution in [2.24, 2.45) is 11.8 Å². The Labute approximate surface area is 150 Å². The maximum Gasteiger partial charge on any atom is 0.306 e. The Hall–Kier alpha value is -1.17. The summed E-state index contributed by atoms with van der Waals surface area (Å²) in [5.74, 6) is 0.534. The summed E-state index contributed by atoms with van der Waals surface area (Å²) in [4.78, 5) is 24.1. The van der Waals surface area contributed by atoms with E-state index in [2.05, 4.69) is 28.7 Å². The second-order valence-electron chi connectivity index (χ2n) is 6.73. The third-order valence-electron chi connectivity index (χ3n) is 5.01. The Balaban J connectivity index is 1.72. The third-order valence-corrected chi connectivity index (χ3v) is 6.17. The summed E-state index contributed by atoms with van der Waals surface area (Å²) in [6, 6.07) is 8.08. The van der Waals surface area contributed by atoms with E-state index in [-0.39, 0.29) is 29.7 Å². The monoisotopic (exact) mass is 424 g/mol. The van der Waals surface area contributed by atoms with Crippen molar-refractivity contribution >= 4 is 34.3 Å². The Morgan fingerprint density at radius 1 is 1.39 bits per heavy atom. The molecule has 0 bridgehead atoms. The van der Waals surface area contributed by atoms with Crippen molar-refractivity contribution in [1.29, 1.82) is 0 Å². The zero-order chi connectivity index (χ0) is 16.6. The number of esters is 1. The van der Waals surface area contributed by atoms with E-state index >= 15 is 0 Å². The number of aryl methyl sites for hydroxylation is 1. The molecule has 4 heteroatoms. The predicted octanol–water partition coefficient (Wildman–Crippen LogP) is 4.11. The molecule has 0 amide bonds. The fraction of sp³-hybridized carbons (Fsp3) is 0.474. The van der Waals surface area contributed by atoms with E-state index in [4.69, 9.17) is 4.74 Å². The van der Waals surface area contributed by atoms with E-state index in [9.17, 15) is 9.59 Å². The maximum atomic E-state index is 12.7. The van der Waals surface area contributed by atoms with Crippen LogP contribution in [0.3, 0.4) is 0 Å². The van der Waals surface area contributed by atoms with Crippen molar-refractivity contribution < 1.29 is 14.3 Å². The molecular weight excluding hydrogens is 403 g/mol. The molecule has 1 saturated heterocycles. The van der Waals surface area contributed by atoms with Crippen molar-refractivity contribution in [3.8, 4) is 0 Å². The number of ether oxygens (including phenoxy) is 1. The van der Waals surface area contributed by atoms with Crippen LogP contribution < -0.4 is 0 Å². The Morgan fingerprint density at radius 2 is 2.17 bits per heavy atom. The minimum absolute atomic E-state index is 0.0648. The van der Waals surface area contributed by atoms with Crippen LogP contribution in [0.2, 0.25) is 0 Å². The highest BCUT2D eigenvalue weighted by Crippen LogP contribution is 2.42. The number of carbonyl (C=O) groups excluding carboxylic acids is 2. The summed E-state index contributed by atoms with van der Waals surface area (Å²) >= 11 is 2.23. The van der Waals surface area contributed by atoms with Crippen molar-refractivity contribution in [2.45, 2.75) is 42.6 Å². The van der Waals surface area contributed by atoms with E-state index in [1.165, 1.54) is 0 Å². The van der Waals surface area contributed by atoms with Crippen LogP contribution in [0.1, 0.15) is 37.3 Å². The van der Waals surface area contributed by atoms with Gasteiger partial charge in [0.05, 0.1) is 6.42 Å². The van der Waals surface area contributed by atoms with Crippen molar-refractivity contribution in [1.82, 2.24) is 0 Å². The topological polar surface area (TPSA) is 43.4 Å². The van der Waals surface area contributed by atoms with Gasteiger partial charge >= 0.3 is 5.97 Å². The zero-order valence-corrected chi connectivity index (χ0v) is 15.6. The summed E-state index contributed by atoms with van der Waals surface area (Å²) in [5, 5.41) is 0. The minimum atomic E-state index is -0.569. The molecule has 122 valence electrons. The summed E-state index contributed by atoms with van der Waals surface area (Å²) in [7, 11) is 0. The van der Waals surface area contributed by atoms with E-state index in [0.717, 1.165) is 24.0 Å². The van der Waals surface area contributed by atoms with E-state index in [0.29, 0.717) is 6.42 Å². The molecule has 2 fully saturated rings. The van der Waals surface area contributed by atoms with Crippen LogP contribution in [0.25, 0.3) is 0 Å². The van der Waals surface area contributed by atoms with Gasteiger partial charge in [-0.15, -0.1) is 0 Å².